The number of hydrogen-bond donors (Lipinski definition) is 0. The van der Waals surface area contributed by atoms with Crippen molar-refractivity contribution < 1.29 is 9.53 Å². The van der Waals surface area contributed by atoms with E-state index >= 15 is 0 Å². The monoisotopic (exact) mass is 316 g/mol. The molecule has 0 N–H and O–H groups in total. The van der Waals surface area contributed by atoms with Gasteiger partial charge >= 0.3 is 0 Å². The highest BCUT2D eigenvalue weighted by atomic mass is 32.1. The third-order valence-corrected chi connectivity index (χ3v) is 4.99. The summed E-state index contributed by atoms with van der Waals surface area (Å²) in [5.41, 5.74) is 2.36. The van der Waals surface area contributed by atoms with Crippen LogP contribution in [-0.4, -0.2) is 35.0 Å². The van der Waals surface area contributed by atoms with E-state index in [1.165, 1.54) is 16.3 Å². The van der Waals surface area contributed by atoms with E-state index in [0.29, 0.717) is 13.2 Å². The molecule has 1 aromatic carbocycles. The van der Waals surface area contributed by atoms with E-state index in [1.54, 1.807) is 16.2 Å². The van der Waals surface area contributed by atoms with Crippen LogP contribution in [0.25, 0.3) is 10.2 Å². The lowest BCUT2D eigenvalue weighted by Crippen LogP contribution is -2.28. The molecule has 4 nitrogen and oxygen atoms in total. The van der Waals surface area contributed by atoms with Crippen molar-refractivity contribution >= 4 is 27.5 Å². The molecular formula is C17H20N2O2S. The molecule has 0 saturated carbocycles. The largest absolute Gasteiger partial charge is 0.369 e. The Kier molecular flexibility index (Phi) is 4.55. The zero-order valence-corrected chi connectivity index (χ0v) is 13.6. The lowest BCUT2D eigenvalue weighted by Gasteiger charge is -2.14. The van der Waals surface area contributed by atoms with Crippen LogP contribution in [0.2, 0.25) is 0 Å². The molecule has 1 amide bonds. The summed E-state index contributed by atoms with van der Waals surface area (Å²) in [5.74, 6) is -0.0156. The van der Waals surface area contributed by atoms with Gasteiger partial charge < -0.3 is 9.64 Å². The number of ether oxygens (including phenoxy) is 1. The second-order valence-corrected chi connectivity index (χ2v) is 6.59. The van der Waals surface area contributed by atoms with E-state index in [9.17, 15) is 4.79 Å². The van der Waals surface area contributed by atoms with Gasteiger partial charge in [-0.2, -0.15) is 0 Å². The number of fused-ring (bicyclic) bond motifs is 1. The van der Waals surface area contributed by atoms with Gasteiger partial charge in [0.1, 0.15) is 5.01 Å². The minimum absolute atomic E-state index is 0.0156. The highest BCUT2D eigenvalue weighted by Crippen LogP contribution is 2.25. The first-order chi connectivity index (χ1) is 10.7. The summed E-state index contributed by atoms with van der Waals surface area (Å²) in [6.07, 6.45) is 3.36. The number of aryl methyl sites for hydroxylation is 1. The zero-order valence-electron chi connectivity index (χ0n) is 12.7. The Hall–Kier alpha value is -1.72. The minimum Gasteiger partial charge on any atom is -0.369 e. The average molecular weight is 316 g/mol. The number of thiazole rings is 1. The summed E-state index contributed by atoms with van der Waals surface area (Å²) in [6.45, 7) is 7.58. The first kappa shape index (κ1) is 15.2. The molecule has 0 spiro atoms. The van der Waals surface area contributed by atoms with Gasteiger partial charge in [-0.1, -0.05) is 19.6 Å². The first-order valence-electron chi connectivity index (χ1n) is 7.61. The maximum Gasteiger partial charge on any atom is 0.246 e. The van der Waals surface area contributed by atoms with E-state index in [0.717, 1.165) is 29.9 Å². The molecule has 1 fully saturated rings. The molecule has 1 aromatic heterocycles. The van der Waals surface area contributed by atoms with Crippen LogP contribution in [0.15, 0.2) is 30.9 Å². The van der Waals surface area contributed by atoms with E-state index in [-0.39, 0.29) is 12.0 Å². The Labute approximate surface area is 134 Å². The molecule has 0 aliphatic carbocycles. The third kappa shape index (κ3) is 3.20. The number of benzene rings is 1. The number of carbonyl (C=O) groups excluding carboxylic acids is 1. The van der Waals surface area contributed by atoms with Crippen molar-refractivity contribution in [1.29, 1.82) is 0 Å². The number of carbonyl (C=O) groups is 1. The Morgan fingerprint density at radius 3 is 3.23 bits per heavy atom. The van der Waals surface area contributed by atoms with E-state index < -0.39 is 0 Å². The van der Waals surface area contributed by atoms with Gasteiger partial charge in [-0.15, -0.1) is 11.3 Å². The number of rotatable bonds is 5. The lowest BCUT2D eigenvalue weighted by molar-refractivity contribution is -0.125. The first-order valence-corrected chi connectivity index (χ1v) is 8.42. The van der Waals surface area contributed by atoms with Gasteiger partial charge in [-0.3, -0.25) is 4.79 Å². The van der Waals surface area contributed by atoms with Gasteiger partial charge in [-0.25, -0.2) is 4.98 Å². The molecule has 0 bridgehead atoms. The Morgan fingerprint density at radius 2 is 2.45 bits per heavy atom. The van der Waals surface area contributed by atoms with Crippen LogP contribution in [0, 0.1) is 0 Å². The lowest BCUT2D eigenvalue weighted by atomic mass is 10.2. The van der Waals surface area contributed by atoms with Crippen LogP contribution in [0.5, 0.6) is 0 Å². The van der Waals surface area contributed by atoms with E-state index in [1.807, 2.05) is 0 Å². The number of aromatic nitrogens is 1. The molecule has 22 heavy (non-hydrogen) atoms. The maximum absolute atomic E-state index is 11.6. The van der Waals surface area contributed by atoms with Gasteiger partial charge in [-0.05, 0) is 36.6 Å². The second-order valence-electron chi connectivity index (χ2n) is 5.47. The smallest absolute Gasteiger partial charge is 0.246 e. The quantitative estimate of drug-likeness (QED) is 0.796. The Balaban J connectivity index is 1.60. The summed E-state index contributed by atoms with van der Waals surface area (Å²) in [7, 11) is 0. The summed E-state index contributed by atoms with van der Waals surface area (Å²) >= 11 is 1.68. The van der Waals surface area contributed by atoms with Crippen molar-refractivity contribution in [3.8, 4) is 0 Å². The second kappa shape index (κ2) is 6.58. The van der Waals surface area contributed by atoms with Crippen LogP contribution < -0.4 is 0 Å². The topological polar surface area (TPSA) is 42.4 Å². The molecular weight excluding hydrogens is 296 g/mol. The Bertz CT molecular complexity index is 695. The zero-order chi connectivity index (χ0) is 15.5. The van der Waals surface area contributed by atoms with Crippen molar-refractivity contribution in [2.45, 2.75) is 32.5 Å². The summed E-state index contributed by atoms with van der Waals surface area (Å²) in [6, 6.07) is 6.44. The highest BCUT2D eigenvalue weighted by molar-refractivity contribution is 7.18. The minimum atomic E-state index is -0.0156. The standard InChI is InChI=1S/C17H20N2O2S/c1-3-12-5-6-15-14(9-12)18-16(22-15)11-21-13-7-8-19(10-13)17(20)4-2/h4-6,9,13H,2-3,7-8,10-11H2,1H3/t13-/m0/s1. The van der Waals surface area contributed by atoms with Gasteiger partial charge in [0.05, 0.1) is 22.9 Å². The third-order valence-electron chi connectivity index (χ3n) is 3.98. The Morgan fingerprint density at radius 1 is 1.59 bits per heavy atom. The molecule has 3 rings (SSSR count). The molecule has 0 unspecified atom stereocenters. The van der Waals surface area contributed by atoms with Gasteiger partial charge in [0.15, 0.2) is 0 Å². The molecule has 1 aliphatic rings. The van der Waals surface area contributed by atoms with Crippen molar-refractivity contribution in [2.75, 3.05) is 13.1 Å². The molecule has 116 valence electrons. The number of amides is 1. The molecule has 1 saturated heterocycles. The fraction of sp³-hybridized carbons (Fsp3) is 0.412. The van der Waals surface area contributed by atoms with E-state index in [2.05, 4.69) is 36.7 Å². The predicted molar refractivity (Wildman–Crippen MR) is 89.0 cm³/mol. The van der Waals surface area contributed by atoms with Crippen molar-refractivity contribution in [1.82, 2.24) is 9.88 Å². The fourth-order valence-corrected chi connectivity index (χ4v) is 3.56. The number of likely N-dealkylation sites (tertiary alicyclic amines) is 1. The SMILES string of the molecule is C=CC(=O)N1CC[C@H](OCc2nc3cc(CC)ccc3s2)C1. The molecule has 2 heterocycles. The average Bonchev–Trinajstić information content (AvgIpc) is 3.17. The van der Waals surface area contributed by atoms with Gasteiger partial charge in [0.25, 0.3) is 0 Å². The van der Waals surface area contributed by atoms with Crippen molar-refractivity contribution in [3.63, 3.8) is 0 Å². The fourth-order valence-electron chi connectivity index (χ4n) is 2.69. The van der Waals surface area contributed by atoms with Crippen molar-refractivity contribution in [3.05, 3.63) is 41.4 Å². The predicted octanol–water partition coefficient (Wildman–Crippen LogP) is 3.16. The molecule has 1 atom stereocenters. The van der Waals surface area contributed by atoms with Crippen LogP contribution in [0.1, 0.15) is 23.9 Å². The van der Waals surface area contributed by atoms with Crippen LogP contribution in [0.4, 0.5) is 0 Å². The summed E-state index contributed by atoms with van der Waals surface area (Å²) in [4.78, 5) is 18.0. The molecule has 5 heteroatoms. The summed E-state index contributed by atoms with van der Waals surface area (Å²) in [5, 5.41) is 0.997. The van der Waals surface area contributed by atoms with Crippen molar-refractivity contribution in [2.24, 2.45) is 0 Å². The molecule has 1 aliphatic heterocycles. The maximum atomic E-state index is 11.6. The van der Waals surface area contributed by atoms with Gasteiger partial charge in [0.2, 0.25) is 5.91 Å². The number of nitrogens with zero attached hydrogens (tertiary/aromatic N) is 2. The summed E-state index contributed by atoms with van der Waals surface area (Å²) < 4.78 is 7.12. The molecule has 2 aromatic rings. The van der Waals surface area contributed by atoms with E-state index in [4.69, 9.17) is 4.74 Å². The van der Waals surface area contributed by atoms with Gasteiger partial charge in [0, 0.05) is 13.1 Å². The normalized spacial score (nSPS) is 18.0. The van der Waals surface area contributed by atoms with Crippen LogP contribution >= 0.6 is 11.3 Å². The molecule has 0 radical (unpaired) electrons. The van der Waals surface area contributed by atoms with Crippen LogP contribution in [-0.2, 0) is 22.6 Å². The highest BCUT2D eigenvalue weighted by Gasteiger charge is 2.25. The number of hydrogen-bond acceptors (Lipinski definition) is 4. The van der Waals surface area contributed by atoms with Crippen LogP contribution in [0.3, 0.4) is 0 Å².